The van der Waals surface area contributed by atoms with Crippen LogP contribution in [0.3, 0.4) is 0 Å². The molecule has 2 aromatic carbocycles. The molecule has 0 amide bonds. The summed E-state index contributed by atoms with van der Waals surface area (Å²) in [4.78, 5) is 26.0. The molecule has 1 unspecified atom stereocenters. The van der Waals surface area contributed by atoms with Crippen LogP contribution >= 0.6 is 0 Å². The molecule has 0 bridgehead atoms. The topological polar surface area (TPSA) is 47.3 Å². The predicted molar refractivity (Wildman–Crippen MR) is 115 cm³/mol. The van der Waals surface area contributed by atoms with Crippen molar-refractivity contribution in [1.82, 2.24) is 0 Å². The Labute approximate surface area is 171 Å². The van der Waals surface area contributed by atoms with E-state index in [-0.39, 0.29) is 18.0 Å². The van der Waals surface area contributed by atoms with Crippen molar-refractivity contribution in [2.75, 3.05) is 0 Å². The number of aryl methyl sites for hydroxylation is 4. The van der Waals surface area contributed by atoms with Gasteiger partial charge in [-0.3, -0.25) is 9.59 Å². The van der Waals surface area contributed by atoms with Crippen molar-refractivity contribution in [2.24, 2.45) is 0 Å². The van der Waals surface area contributed by atoms with Gasteiger partial charge in [0.1, 0.15) is 17.4 Å². The Morgan fingerprint density at radius 3 is 2.24 bits per heavy atom. The molecule has 0 aliphatic heterocycles. The minimum Gasteiger partial charge on any atom is -0.461 e. The Morgan fingerprint density at radius 2 is 1.59 bits per heavy atom. The summed E-state index contributed by atoms with van der Waals surface area (Å²) in [7, 11) is 0. The fraction of sp³-hybridized carbons (Fsp3) is 0.231. The van der Waals surface area contributed by atoms with Crippen molar-refractivity contribution in [3.63, 3.8) is 0 Å². The van der Waals surface area contributed by atoms with Crippen LogP contribution in [0.1, 0.15) is 45.9 Å². The van der Waals surface area contributed by atoms with Gasteiger partial charge in [-0.1, -0.05) is 48.0 Å². The second kappa shape index (κ2) is 7.32. The summed E-state index contributed by atoms with van der Waals surface area (Å²) in [5, 5.41) is 0. The van der Waals surface area contributed by atoms with E-state index in [4.69, 9.17) is 4.42 Å². The summed E-state index contributed by atoms with van der Waals surface area (Å²) in [6.07, 6.45) is 1.99. The van der Waals surface area contributed by atoms with E-state index in [1.807, 2.05) is 82.3 Å². The van der Waals surface area contributed by atoms with Gasteiger partial charge in [-0.2, -0.15) is 0 Å². The highest BCUT2D eigenvalue weighted by Gasteiger charge is 2.39. The molecule has 146 valence electrons. The molecule has 0 radical (unpaired) electrons. The Morgan fingerprint density at radius 1 is 0.931 bits per heavy atom. The van der Waals surface area contributed by atoms with E-state index in [1.165, 1.54) is 0 Å². The Balaban J connectivity index is 1.70. The maximum atomic E-state index is 13.2. The largest absolute Gasteiger partial charge is 0.461 e. The van der Waals surface area contributed by atoms with E-state index < -0.39 is 5.92 Å². The van der Waals surface area contributed by atoms with Crippen molar-refractivity contribution in [2.45, 2.75) is 40.0 Å². The molecule has 3 heteroatoms. The Hall–Kier alpha value is -3.20. The number of benzene rings is 2. The van der Waals surface area contributed by atoms with Crippen LogP contribution in [-0.2, 0) is 9.59 Å². The van der Waals surface area contributed by atoms with Crippen LogP contribution in [0.4, 0.5) is 0 Å². The fourth-order valence-corrected chi connectivity index (χ4v) is 4.34. The van der Waals surface area contributed by atoms with Crippen LogP contribution < -0.4 is 0 Å². The van der Waals surface area contributed by atoms with Gasteiger partial charge in [0.05, 0.1) is 0 Å². The average Bonchev–Trinajstić information content (AvgIpc) is 3.16. The van der Waals surface area contributed by atoms with Crippen molar-refractivity contribution < 1.29 is 14.0 Å². The molecule has 1 heterocycles. The van der Waals surface area contributed by atoms with E-state index in [9.17, 15) is 9.59 Å². The molecule has 1 atom stereocenters. The van der Waals surface area contributed by atoms with Crippen molar-refractivity contribution in [3.8, 4) is 11.3 Å². The molecule has 4 rings (SSSR count). The quantitative estimate of drug-likeness (QED) is 0.418. The summed E-state index contributed by atoms with van der Waals surface area (Å²) in [6.45, 7) is 7.86. The number of ketones is 2. The number of furan rings is 1. The standard InChI is InChI=1S/C26H24O3/c1-15-10-16(2)24(17(3)11-15)25-22(27)13-21(26(25)28)12-20-14-23(29-18(20)4)19-8-6-5-7-9-19/h5-12,14,25H,13H2,1-4H3/b21-12+. The molecule has 1 aliphatic carbocycles. The average molecular weight is 384 g/mol. The lowest BCUT2D eigenvalue weighted by molar-refractivity contribution is -0.123. The predicted octanol–water partition coefficient (Wildman–Crippen LogP) is 5.89. The van der Waals surface area contributed by atoms with E-state index in [2.05, 4.69) is 0 Å². The first kappa shape index (κ1) is 19.1. The molecule has 29 heavy (non-hydrogen) atoms. The molecule has 1 aliphatic rings. The maximum absolute atomic E-state index is 13.2. The third kappa shape index (κ3) is 3.49. The molecule has 0 spiro atoms. The van der Waals surface area contributed by atoms with Gasteiger partial charge in [0.25, 0.3) is 0 Å². The van der Waals surface area contributed by atoms with Crippen LogP contribution in [0.25, 0.3) is 17.4 Å². The normalized spacial score (nSPS) is 18.1. The number of hydrogen-bond acceptors (Lipinski definition) is 3. The highest BCUT2D eigenvalue weighted by atomic mass is 16.3. The zero-order valence-electron chi connectivity index (χ0n) is 17.2. The molecule has 1 aromatic heterocycles. The van der Waals surface area contributed by atoms with Gasteiger partial charge >= 0.3 is 0 Å². The van der Waals surface area contributed by atoms with Gasteiger partial charge in [-0.05, 0) is 56.5 Å². The first-order valence-electron chi connectivity index (χ1n) is 9.86. The second-order valence-corrected chi connectivity index (χ2v) is 7.91. The number of hydrogen-bond donors (Lipinski definition) is 0. The van der Waals surface area contributed by atoms with Crippen LogP contribution in [0.15, 0.2) is 58.5 Å². The Kier molecular flexibility index (Phi) is 4.83. The lowest BCUT2D eigenvalue weighted by atomic mass is 9.87. The van der Waals surface area contributed by atoms with Gasteiger partial charge < -0.3 is 4.42 Å². The first-order chi connectivity index (χ1) is 13.8. The first-order valence-corrected chi connectivity index (χ1v) is 9.86. The van der Waals surface area contributed by atoms with E-state index in [0.29, 0.717) is 5.57 Å². The van der Waals surface area contributed by atoms with E-state index >= 15 is 0 Å². The van der Waals surface area contributed by atoms with Gasteiger partial charge in [0.2, 0.25) is 0 Å². The number of carbonyl (C=O) groups is 2. The Bertz CT molecular complexity index is 1120. The fourth-order valence-electron chi connectivity index (χ4n) is 4.34. The summed E-state index contributed by atoms with van der Waals surface area (Å²) in [5.41, 5.74) is 6.39. The third-order valence-electron chi connectivity index (χ3n) is 5.64. The monoisotopic (exact) mass is 384 g/mol. The number of Topliss-reactive ketones (excluding diaryl/α,β-unsaturated/α-hetero) is 2. The SMILES string of the molecule is Cc1cc(C)c(C2C(=O)C/C(=C\c3cc(-c4ccccc4)oc3C)C2=O)c(C)c1. The van der Waals surface area contributed by atoms with Crippen molar-refractivity contribution in [1.29, 1.82) is 0 Å². The molecule has 1 saturated carbocycles. The minimum atomic E-state index is -0.692. The highest BCUT2D eigenvalue weighted by Crippen LogP contribution is 2.37. The van der Waals surface area contributed by atoms with Gasteiger partial charge in [-0.25, -0.2) is 0 Å². The summed E-state index contributed by atoms with van der Waals surface area (Å²) < 4.78 is 5.90. The summed E-state index contributed by atoms with van der Waals surface area (Å²) >= 11 is 0. The second-order valence-electron chi connectivity index (χ2n) is 7.91. The van der Waals surface area contributed by atoms with Crippen LogP contribution in [0.2, 0.25) is 0 Å². The summed E-state index contributed by atoms with van der Waals surface area (Å²) in [6, 6.07) is 15.9. The lowest BCUT2D eigenvalue weighted by Crippen LogP contribution is -2.15. The molecule has 0 saturated heterocycles. The lowest BCUT2D eigenvalue weighted by Gasteiger charge is -2.15. The van der Waals surface area contributed by atoms with Gasteiger partial charge in [0.15, 0.2) is 11.6 Å². The van der Waals surface area contributed by atoms with Crippen LogP contribution in [-0.4, -0.2) is 11.6 Å². The van der Waals surface area contributed by atoms with Gasteiger partial charge in [0, 0.05) is 23.1 Å². The molecule has 3 nitrogen and oxygen atoms in total. The summed E-state index contributed by atoms with van der Waals surface area (Å²) in [5.74, 6) is 0.687. The maximum Gasteiger partial charge on any atom is 0.174 e. The third-order valence-corrected chi connectivity index (χ3v) is 5.64. The number of carbonyl (C=O) groups excluding carboxylic acids is 2. The molecule has 0 N–H and O–H groups in total. The van der Waals surface area contributed by atoms with Crippen molar-refractivity contribution in [3.05, 3.63) is 87.7 Å². The molecule has 1 fully saturated rings. The van der Waals surface area contributed by atoms with Crippen LogP contribution in [0, 0.1) is 27.7 Å². The smallest absolute Gasteiger partial charge is 0.174 e. The van der Waals surface area contributed by atoms with Gasteiger partial charge in [-0.15, -0.1) is 0 Å². The zero-order chi connectivity index (χ0) is 20.7. The van der Waals surface area contributed by atoms with E-state index in [0.717, 1.165) is 44.9 Å². The van der Waals surface area contributed by atoms with E-state index in [1.54, 1.807) is 0 Å². The number of rotatable bonds is 3. The molecule has 3 aromatic rings. The molecular weight excluding hydrogens is 360 g/mol. The number of allylic oxidation sites excluding steroid dienone is 1. The van der Waals surface area contributed by atoms with Crippen molar-refractivity contribution >= 4 is 17.6 Å². The minimum absolute atomic E-state index is 0.0271. The molecular formula is C26H24O3. The zero-order valence-corrected chi connectivity index (χ0v) is 17.2. The van der Waals surface area contributed by atoms with Crippen LogP contribution in [0.5, 0.6) is 0 Å². The highest BCUT2D eigenvalue weighted by molar-refractivity contribution is 6.24.